The highest BCUT2D eigenvalue weighted by Gasteiger charge is 2.28. The highest BCUT2D eigenvalue weighted by molar-refractivity contribution is 7.93. The highest BCUT2D eigenvalue weighted by atomic mass is 35.5. The van der Waals surface area contributed by atoms with Crippen molar-refractivity contribution in [3.05, 3.63) is 47.7 Å². The molecule has 1 aromatic heterocycles. The third-order valence-corrected chi connectivity index (χ3v) is 6.98. The Morgan fingerprint density at radius 3 is 2.38 bits per heavy atom. The number of hydrogen-bond acceptors (Lipinski definition) is 5. The molecule has 0 aliphatic carbocycles. The van der Waals surface area contributed by atoms with Crippen LogP contribution in [0.25, 0.3) is 0 Å². The Morgan fingerprint density at radius 2 is 1.83 bits per heavy atom. The minimum Gasteiger partial charge on any atom is -0.280 e. The number of halogens is 1. The van der Waals surface area contributed by atoms with Gasteiger partial charge in [-0.05, 0) is 42.8 Å². The van der Waals surface area contributed by atoms with Gasteiger partial charge in [0.2, 0.25) is 10.0 Å². The number of rotatable bonds is 4. The van der Waals surface area contributed by atoms with Crippen LogP contribution in [0, 0.1) is 0 Å². The normalized spacial score (nSPS) is 17.0. The smallest absolute Gasteiger partial charge is 0.263 e. The SMILES string of the molecule is O=S(=O)(Nc1ccc(N2CCCS2(=O)=O)cc1)c1ccc(Cl)nc1. The lowest BCUT2D eigenvalue weighted by molar-refractivity contribution is 0.598. The first kappa shape index (κ1) is 17.0. The summed E-state index contributed by atoms with van der Waals surface area (Å²) < 4.78 is 52.0. The maximum Gasteiger partial charge on any atom is 0.263 e. The van der Waals surface area contributed by atoms with Crippen molar-refractivity contribution in [2.75, 3.05) is 21.3 Å². The van der Waals surface area contributed by atoms with Gasteiger partial charge in [0.1, 0.15) is 10.0 Å². The van der Waals surface area contributed by atoms with Gasteiger partial charge in [-0.15, -0.1) is 0 Å². The minimum absolute atomic E-state index is 0.0157. The van der Waals surface area contributed by atoms with Gasteiger partial charge < -0.3 is 0 Å². The molecule has 2 aromatic rings. The van der Waals surface area contributed by atoms with Crippen LogP contribution in [0.4, 0.5) is 11.4 Å². The van der Waals surface area contributed by atoms with E-state index in [1.807, 2.05) is 0 Å². The van der Waals surface area contributed by atoms with E-state index in [1.165, 1.54) is 28.6 Å². The zero-order valence-corrected chi connectivity index (χ0v) is 14.8. The van der Waals surface area contributed by atoms with Gasteiger partial charge in [0.15, 0.2) is 0 Å². The first-order valence-electron chi connectivity index (χ1n) is 7.03. The van der Waals surface area contributed by atoms with Crippen molar-refractivity contribution in [2.45, 2.75) is 11.3 Å². The largest absolute Gasteiger partial charge is 0.280 e. The van der Waals surface area contributed by atoms with E-state index >= 15 is 0 Å². The molecule has 10 heteroatoms. The van der Waals surface area contributed by atoms with Gasteiger partial charge in [-0.25, -0.2) is 21.8 Å². The quantitative estimate of drug-likeness (QED) is 0.810. The average Bonchev–Trinajstić information content (AvgIpc) is 2.87. The van der Waals surface area contributed by atoms with Gasteiger partial charge in [0, 0.05) is 18.4 Å². The molecule has 24 heavy (non-hydrogen) atoms. The lowest BCUT2D eigenvalue weighted by Gasteiger charge is -2.17. The second-order valence-electron chi connectivity index (χ2n) is 5.21. The van der Waals surface area contributed by atoms with Crippen LogP contribution in [0.3, 0.4) is 0 Å². The van der Waals surface area contributed by atoms with Crippen LogP contribution < -0.4 is 9.03 Å². The summed E-state index contributed by atoms with van der Waals surface area (Å²) >= 11 is 5.64. The van der Waals surface area contributed by atoms with Crippen molar-refractivity contribution >= 4 is 43.0 Å². The monoisotopic (exact) mass is 387 g/mol. The van der Waals surface area contributed by atoms with Gasteiger partial charge in [-0.1, -0.05) is 11.6 Å². The van der Waals surface area contributed by atoms with Crippen LogP contribution in [-0.4, -0.2) is 34.1 Å². The van der Waals surface area contributed by atoms with E-state index < -0.39 is 20.0 Å². The second-order valence-corrected chi connectivity index (χ2v) is 9.29. The van der Waals surface area contributed by atoms with E-state index in [0.29, 0.717) is 24.3 Å². The zero-order valence-electron chi connectivity index (χ0n) is 12.4. The fraction of sp³-hybridized carbons (Fsp3) is 0.214. The standard InChI is InChI=1S/C14H14ClN3O4S2/c15-14-7-6-13(10-16-14)24(21,22)17-11-2-4-12(5-3-11)18-8-1-9-23(18,19)20/h2-7,10,17H,1,8-9H2. The predicted molar refractivity (Wildman–Crippen MR) is 92.2 cm³/mol. The van der Waals surface area contributed by atoms with Gasteiger partial charge in [0.25, 0.3) is 10.0 Å². The van der Waals surface area contributed by atoms with Crippen molar-refractivity contribution in [1.29, 1.82) is 0 Å². The fourth-order valence-electron chi connectivity index (χ4n) is 2.36. The summed E-state index contributed by atoms with van der Waals surface area (Å²) in [6, 6.07) is 8.91. The second kappa shape index (κ2) is 6.23. The van der Waals surface area contributed by atoms with Crippen LogP contribution in [0.15, 0.2) is 47.5 Å². The minimum atomic E-state index is -3.79. The molecule has 0 radical (unpaired) electrons. The van der Waals surface area contributed by atoms with E-state index in [1.54, 1.807) is 12.1 Å². The van der Waals surface area contributed by atoms with Crippen LogP contribution in [0.5, 0.6) is 0 Å². The molecule has 128 valence electrons. The number of hydrogen-bond donors (Lipinski definition) is 1. The summed E-state index contributed by atoms with van der Waals surface area (Å²) in [7, 11) is -7.05. The molecular formula is C14H14ClN3O4S2. The summed E-state index contributed by atoms with van der Waals surface area (Å²) in [6.45, 7) is 0.434. The molecule has 1 aliphatic heterocycles. The molecular weight excluding hydrogens is 374 g/mol. The zero-order chi connectivity index (χ0) is 17.4. The molecule has 1 N–H and O–H groups in total. The fourth-order valence-corrected chi connectivity index (χ4v) is 5.04. The van der Waals surface area contributed by atoms with Crippen LogP contribution >= 0.6 is 11.6 Å². The molecule has 1 aromatic carbocycles. The number of nitrogens with zero attached hydrogens (tertiary/aromatic N) is 2. The van der Waals surface area contributed by atoms with Crippen molar-refractivity contribution in [3.8, 4) is 0 Å². The Balaban J connectivity index is 1.80. The molecule has 1 aliphatic rings. The van der Waals surface area contributed by atoms with Crippen LogP contribution in [-0.2, 0) is 20.0 Å². The number of aromatic nitrogens is 1. The highest BCUT2D eigenvalue weighted by Crippen LogP contribution is 2.26. The first-order chi connectivity index (χ1) is 11.3. The Hall–Kier alpha value is -1.84. The number of sulfonamides is 2. The summed E-state index contributed by atoms with van der Waals surface area (Å²) in [5.74, 6) is 0.130. The van der Waals surface area contributed by atoms with Gasteiger partial charge in [-0.2, -0.15) is 0 Å². The molecule has 2 heterocycles. The predicted octanol–water partition coefficient (Wildman–Crippen LogP) is 2.08. The molecule has 0 bridgehead atoms. The Labute approximate surface area is 145 Å². The Morgan fingerprint density at radius 1 is 1.12 bits per heavy atom. The summed E-state index contributed by atoms with van der Waals surface area (Å²) in [6.07, 6.45) is 1.75. The Kier molecular flexibility index (Phi) is 4.41. The maximum absolute atomic E-state index is 12.3. The van der Waals surface area contributed by atoms with Crippen molar-refractivity contribution in [2.24, 2.45) is 0 Å². The first-order valence-corrected chi connectivity index (χ1v) is 10.5. The number of nitrogens with one attached hydrogen (secondary N) is 1. The van der Waals surface area contributed by atoms with E-state index in [9.17, 15) is 16.8 Å². The molecule has 1 saturated heterocycles. The van der Waals surface area contributed by atoms with Crippen LogP contribution in [0.1, 0.15) is 6.42 Å². The van der Waals surface area contributed by atoms with E-state index in [0.717, 1.165) is 6.20 Å². The third-order valence-electron chi connectivity index (χ3n) is 3.52. The molecule has 0 spiro atoms. The van der Waals surface area contributed by atoms with E-state index in [2.05, 4.69) is 9.71 Å². The summed E-state index contributed by atoms with van der Waals surface area (Å²) in [5.41, 5.74) is 0.842. The number of anilines is 2. The number of benzene rings is 1. The van der Waals surface area contributed by atoms with Gasteiger partial charge in [0.05, 0.1) is 11.4 Å². The van der Waals surface area contributed by atoms with Crippen molar-refractivity contribution < 1.29 is 16.8 Å². The van der Waals surface area contributed by atoms with Gasteiger partial charge >= 0.3 is 0 Å². The summed E-state index contributed by atoms with van der Waals surface area (Å²) in [4.78, 5) is 3.73. The molecule has 7 nitrogen and oxygen atoms in total. The lowest BCUT2D eigenvalue weighted by Crippen LogP contribution is -2.25. The molecule has 0 unspecified atom stereocenters. The third kappa shape index (κ3) is 3.47. The Bertz CT molecular complexity index is 943. The molecule has 0 saturated carbocycles. The maximum atomic E-state index is 12.3. The van der Waals surface area contributed by atoms with Crippen molar-refractivity contribution in [1.82, 2.24) is 4.98 Å². The number of pyridine rings is 1. The van der Waals surface area contributed by atoms with Gasteiger partial charge in [-0.3, -0.25) is 9.03 Å². The topological polar surface area (TPSA) is 96.4 Å². The van der Waals surface area contributed by atoms with E-state index in [4.69, 9.17) is 11.6 Å². The van der Waals surface area contributed by atoms with E-state index in [-0.39, 0.29) is 15.8 Å². The summed E-state index contributed by atoms with van der Waals surface area (Å²) in [5, 5.41) is 0.199. The molecule has 0 atom stereocenters. The van der Waals surface area contributed by atoms with Crippen molar-refractivity contribution in [3.63, 3.8) is 0 Å². The molecule has 0 amide bonds. The molecule has 1 fully saturated rings. The van der Waals surface area contributed by atoms with Crippen LogP contribution in [0.2, 0.25) is 5.15 Å². The average molecular weight is 388 g/mol. The molecule has 3 rings (SSSR count). The lowest BCUT2D eigenvalue weighted by atomic mass is 10.3.